The van der Waals surface area contributed by atoms with Gasteiger partial charge in [-0.2, -0.15) is 0 Å². The van der Waals surface area contributed by atoms with Gasteiger partial charge in [0.1, 0.15) is 0 Å². The van der Waals surface area contributed by atoms with Gasteiger partial charge in [-0.1, -0.05) is 0 Å². The molecule has 0 spiro atoms. The van der Waals surface area contributed by atoms with Crippen LogP contribution in [0.5, 0.6) is 0 Å². The van der Waals surface area contributed by atoms with Crippen LogP contribution in [0.25, 0.3) is 0 Å². The number of nitrogens with zero attached hydrogens (tertiary/aromatic N) is 2. The summed E-state index contributed by atoms with van der Waals surface area (Å²) in [6.45, 7) is 2.99. The van der Waals surface area contributed by atoms with E-state index in [2.05, 4.69) is 15.6 Å². The number of likely N-dealkylation sites (N-methyl/N-ethyl adjacent to an activating group) is 1. The molecule has 8 heteroatoms. The van der Waals surface area contributed by atoms with Crippen molar-refractivity contribution in [2.24, 2.45) is 5.84 Å². The largest absolute Gasteiger partial charge is 0.383 e. The first-order chi connectivity index (χ1) is 9.56. The maximum atomic E-state index is 10.8. The summed E-state index contributed by atoms with van der Waals surface area (Å²) < 4.78 is 4.99. The van der Waals surface area contributed by atoms with Crippen LogP contribution in [0.2, 0.25) is 0 Å². The minimum atomic E-state index is -0.448. The van der Waals surface area contributed by atoms with E-state index in [4.69, 9.17) is 10.6 Å². The molecule has 112 valence electrons. The zero-order valence-electron chi connectivity index (χ0n) is 11.8. The fraction of sp³-hybridized carbons (Fsp3) is 0.500. The summed E-state index contributed by atoms with van der Waals surface area (Å²) in [5.41, 5.74) is 3.57. The number of nitro groups is 1. The summed E-state index contributed by atoms with van der Waals surface area (Å²) in [7, 11) is 3.65. The Labute approximate surface area is 118 Å². The monoisotopic (exact) mass is 283 g/mol. The van der Waals surface area contributed by atoms with Gasteiger partial charge >= 0.3 is 0 Å². The van der Waals surface area contributed by atoms with Crippen molar-refractivity contribution in [3.63, 3.8) is 0 Å². The van der Waals surface area contributed by atoms with Gasteiger partial charge < -0.3 is 20.4 Å². The Kier molecular flexibility index (Phi) is 6.71. The Balaban J connectivity index is 2.54. The van der Waals surface area contributed by atoms with Crippen LogP contribution in [-0.4, -0.2) is 50.2 Å². The number of nitro benzene ring substituents is 1. The average Bonchev–Trinajstić information content (AvgIpc) is 2.44. The number of non-ortho nitro benzene ring substituents is 1. The highest BCUT2D eigenvalue weighted by Crippen LogP contribution is 2.23. The average molecular weight is 283 g/mol. The Hall–Kier alpha value is -1.90. The lowest BCUT2D eigenvalue weighted by atomic mass is 10.2. The fourth-order valence-electron chi connectivity index (χ4n) is 1.65. The maximum Gasteiger partial charge on any atom is 0.273 e. The number of nitrogens with two attached hydrogens (primary N) is 1. The van der Waals surface area contributed by atoms with Crippen molar-refractivity contribution >= 4 is 17.1 Å². The summed E-state index contributed by atoms with van der Waals surface area (Å²) in [6, 6.07) is 4.59. The number of anilines is 2. The number of nitrogen functional groups attached to an aromatic ring is 1. The minimum absolute atomic E-state index is 0.00399. The molecular formula is C12H21N5O3. The molecule has 0 saturated heterocycles. The van der Waals surface area contributed by atoms with Crippen molar-refractivity contribution in [2.75, 3.05) is 51.1 Å². The fourth-order valence-corrected chi connectivity index (χ4v) is 1.65. The molecule has 1 aromatic carbocycles. The summed E-state index contributed by atoms with van der Waals surface area (Å²) in [6.07, 6.45) is 0. The maximum absolute atomic E-state index is 10.8. The topological polar surface area (TPSA) is 106 Å². The molecule has 0 fully saturated rings. The van der Waals surface area contributed by atoms with Crippen molar-refractivity contribution in [2.45, 2.75) is 0 Å². The van der Waals surface area contributed by atoms with Crippen LogP contribution in [0.1, 0.15) is 0 Å². The van der Waals surface area contributed by atoms with E-state index in [1.165, 1.54) is 12.1 Å². The Morgan fingerprint density at radius 3 is 2.65 bits per heavy atom. The second-order valence-corrected chi connectivity index (χ2v) is 4.39. The number of methoxy groups -OCH3 is 1. The van der Waals surface area contributed by atoms with E-state index in [-0.39, 0.29) is 5.69 Å². The van der Waals surface area contributed by atoms with E-state index in [0.717, 1.165) is 13.1 Å². The number of hydrogen-bond donors (Lipinski definition) is 3. The summed E-state index contributed by atoms with van der Waals surface area (Å²) >= 11 is 0. The lowest BCUT2D eigenvalue weighted by Crippen LogP contribution is -2.28. The van der Waals surface area contributed by atoms with Crippen LogP contribution in [0, 0.1) is 10.1 Å². The second kappa shape index (κ2) is 8.31. The smallest absolute Gasteiger partial charge is 0.273 e. The zero-order chi connectivity index (χ0) is 15.0. The van der Waals surface area contributed by atoms with Crippen LogP contribution in [0.3, 0.4) is 0 Å². The van der Waals surface area contributed by atoms with Crippen LogP contribution >= 0.6 is 0 Å². The molecule has 0 atom stereocenters. The van der Waals surface area contributed by atoms with E-state index >= 15 is 0 Å². The van der Waals surface area contributed by atoms with E-state index < -0.39 is 4.92 Å². The number of hydrazine groups is 1. The van der Waals surface area contributed by atoms with Gasteiger partial charge in [0.05, 0.1) is 17.2 Å². The van der Waals surface area contributed by atoms with Gasteiger partial charge in [0.15, 0.2) is 0 Å². The highest BCUT2D eigenvalue weighted by molar-refractivity contribution is 5.63. The highest BCUT2D eigenvalue weighted by atomic mass is 16.6. The SMILES string of the molecule is COCCN(C)CCNc1cc(NN)cc([N+](=O)[O-])c1. The van der Waals surface area contributed by atoms with Crippen molar-refractivity contribution in [3.8, 4) is 0 Å². The first-order valence-electron chi connectivity index (χ1n) is 6.24. The van der Waals surface area contributed by atoms with Gasteiger partial charge in [0.2, 0.25) is 0 Å². The van der Waals surface area contributed by atoms with Crippen molar-refractivity contribution in [1.82, 2.24) is 4.90 Å². The normalized spacial score (nSPS) is 10.6. The molecule has 4 N–H and O–H groups in total. The third-order valence-corrected chi connectivity index (χ3v) is 2.80. The highest BCUT2D eigenvalue weighted by Gasteiger charge is 2.09. The quantitative estimate of drug-likeness (QED) is 0.351. The molecule has 1 aromatic rings. The van der Waals surface area contributed by atoms with Gasteiger partial charge in [0.25, 0.3) is 5.69 Å². The van der Waals surface area contributed by atoms with Gasteiger partial charge in [0, 0.05) is 44.6 Å². The Morgan fingerprint density at radius 1 is 1.35 bits per heavy atom. The zero-order valence-corrected chi connectivity index (χ0v) is 11.8. The molecule has 0 heterocycles. The lowest BCUT2D eigenvalue weighted by molar-refractivity contribution is -0.384. The predicted octanol–water partition coefficient (Wildman–Crippen LogP) is 0.871. The van der Waals surface area contributed by atoms with Crippen molar-refractivity contribution in [1.29, 1.82) is 0 Å². The Morgan fingerprint density at radius 2 is 2.05 bits per heavy atom. The molecule has 0 radical (unpaired) electrons. The van der Waals surface area contributed by atoms with Gasteiger partial charge in [-0.25, -0.2) is 0 Å². The summed E-state index contributed by atoms with van der Waals surface area (Å²) in [5, 5.41) is 13.9. The molecule has 0 amide bonds. The summed E-state index contributed by atoms with van der Waals surface area (Å²) in [5.74, 6) is 5.30. The third kappa shape index (κ3) is 5.39. The molecule has 0 unspecified atom stereocenters. The number of rotatable bonds is 9. The molecule has 0 aromatic heterocycles. The second-order valence-electron chi connectivity index (χ2n) is 4.39. The molecule has 0 saturated carbocycles. The van der Waals surface area contributed by atoms with Gasteiger partial charge in [-0.05, 0) is 13.1 Å². The molecule has 20 heavy (non-hydrogen) atoms. The van der Waals surface area contributed by atoms with Crippen LogP contribution in [-0.2, 0) is 4.74 Å². The molecule has 0 bridgehead atoms. The van der Waals surface area contributed by atoms with Crippen molar-refractivity contribution < 1.29 is 9.66 Å². The van der Waals surface area contributed by atoms with Crippen LogP contribution < -0.4 is 16.6 Å². The van der Waals surface area contributed by atoms with E-state index in [9.17, 15) is 10.1 Å². The first kappa shape index (κ1) is 16.2. The number of ether oxygens (including phenoxy) is 1. The van der Waals surface area contributed by atoms with E-state index in [0.29, 0.717) is 24.5 Å². The van der Waals surface area contributed by atoms with E-state index in [1.807, 2.05) is 7.05 Å². The molecule has 0 aliphatic carbocycles. The third-order valence-electron chi connectivity index (χ3n) is 2.80. The van der Waals surface area contributed by atoms with Crippen LogP contribution in [0.4, 0.5) is 17.1 Å². The molecule has 1 rings (SSSR count). The minimum Gasteiger partial charge on any atom is -0.383 e. The predicted molar refractivity (Wildman–Crippen MR) is 78.8 cm³/mol. The van der Waals surface area contributed by atoms with Crippen molar-refractivity contribution in [3.05, 3.63) is 28.3 Å². The number of benzene rings is 1. The molecular weight excluding hydrogens is 262 g/mol. The molecule has 0 aliphatic heterocycles. The van der Waals surface area contributed by atoms with Crippen LogP contribution in [0.15, 0.2) is 18.2 Å². The van der Waals surface area contributed by atoms with Gasteiger partial charge in [-0.3, -0.25) is 16.0 Å². The lowest BCUT2D eigenvalue weighted by Gasteiger charge is -2.16. The number of hydrogen-bond acceptors (Lipinski definition) is 7. The molecule has 0 aliphatic rings. The van der Waals surface area contributed by atoms with E-state index in [1.54, 1.807) is 13.2 Å². The van der Waals surface area contributed by atoms with Gasteiger partial charge in [-0.15, -0.1) is 0 Å². The summed E-state index contributed by atoms with van der Waals surface area (Å²) in [4.78, 5) is 12.5. The Bertz CT molecular complexity index is 441. The first-order valence-corrected chi connectivity index (χ1v) is 6.24. The molecule has 8 nitrogen and oxygen atoms in total. The number of nitrogens with one attached hydrogen (secondary N) is 2. The standard InChI is InChI=1S/C12H21N5O3/c1-16(5-6-20-2)4-3-14-10-7-11(15-13)9-12(8-10)17(18)19/h7-9,14-15H,3-6,13H2,1-2H3.